The first-order valence-electron chi connectivity index (χ1n) is 7.40. The Morgan fingerprint density at radius 3 is 2.84 bits per heavy atom. The number of benzene rings is 1. The molecule has 0 saturated carbocycles. The van der Waals surface area contributed by atoms with Crippen molar-refractivity contribution in [1.82, 2.24) is 5.32 Å². The smallest absolute Gasteiger partial charge is 0.136 e. The summed E-state index contributed by atoms with van der Waals surface area (Å²) < 4.78 is 6.86. The number of ether oxygens (including phenoxy) is 1. The van der Waals surface area contributed by atoms with E-state index in [1.807, 2.05) is 0 Å². The minimum absolute atomic E-state index is 0.619. The van der Waals surface area contributed by atoms with Crippen LogP contribution in [0.15, 0.2) is 10.5 Å². The van der Waals surface area contributed by atoms with E-state index < -0.39 is 0 Å². The first-order valence-corrected chi connectivity index (χ1v) is 8.19. The summed E-state index contributed by atoms with van der Waals surface area (Å²) in [5.41, 5.74) is 4.61. The first kappa shape index (κ1) is 13.4. The zero-order valence-corrected chi connectivity index (χ0v) is 13.2. The van der Waals surface area contributed by atoms with E-state index >= 15 is 0 Å². The first-order chi connectivity index (χ1) is 9.31. The quantitative estimate of drug-likeness (QED) is 0.893. The molecule has 3 rings (SSSR count). The maximum absolute atomic E-state index is 5.72. The van der Waals surface area contributed by atoms with Crippen LogP contribution < -0.4 is 10.1 Å². The molecule has 0 amide bonds. The Kier molecular flexibility index (Phi) is 4.13. The van der Waals surface area contributed by atoms with E-state index in [1.54, 1.807) is 18.2 Å². The molecule has 1 heterocycles. The Morgan fingerprint density at radius 2 is 2.11 bits per heavy atom. The highest BCUT2D eigenvalue weighted by atomic mass is 79.9. The SMILES string of the molecule is COc1c(Br)cc2c(c1C1CCCNC1)CCCC2. The van der Waals surface area contributed by atoms with Gasteiger partial charge in [-0.3, -0.25) is 0 Å². The van der Waals surface area contributed by atoms with E-state index in [1.165, 1.54) is 44.1 Å². The molecule has 1 N–H and O–H groups in total. The molecule has 1 aromatic rings. The van der Waals surface area contributed by atoms with E-state index in [9.17, 15) is 0 Å². The van der Waals surface area contributed by atoms with Gasteiger partial charge < -0.3 is 10.1 Å². The van der Waals surface area contributed by atoms with Crippen molar-refractivity contribution in [2.45, 2.75) is 44.4 Å². The molecule has 1 fully saturated rings. The lowest BCUT2D eigenvalue weighted by atomic mass is 9.80. The molecule has 2 aliphatic rings. The van der Waals surface area contributed by atoms with E-state index in [4.69, 9.17) is 4.74 Å². The zero-order chi connectivity index (χ0) is 13.2. The molecule has 1 aliphatic carbocycles. The Morgan fingerprint density at radius 1 is 1.26 bits per heavy atom. The van der Waals surface area contributed by atoms with Crippen LogP contribution in [0.3, 0.4) is 0 Å². The van der Waals surface area contributed by atoms with Crippen molar-refractivity contribution < 1.29 is 4.74 Å². The monoisotopic (exact) mass is 323 g/mol. The van der Waals surface area contributed by atoms with Gasteiger partial charge >= 0.3 is 0 Å². The van der Waals surface area contributed by atoms with E-state index in [0.29, 0.717) is 5.92 Å². The lowest BCUT2D eigenvalue weighted by Crippen LogP contribution is -2.29. The molecular weight excluding hydrogens is 302 g/mol. The number of methoxy groups -OCH3 is 1. The molecule has 1 atom stereocenters. The molecule has 0 bridgehead atoms. The van der Waals surface area contributed by atoms with Gasteiger partial charge in [-0.2, -0.15) is 0 Å². The topological polar surface area (TPSA) is 21.3 Å². The number of hydrogen-bond donors (Lipinski definition) is 1. The maximum atomic E-state index is 5.72. The number of aryl methyl sites for hydroxylation is 1. The van der Waals surface area contributed by atoms with Crippen LogP contribution in [-0.4, -0.2) is 20.2 Å². The molecule has 2 nitrogen and oxygen atoms in total. The average Bonchev–Trinajstić information content (AvgIpc) is 2.46. The minimum Gasteiger partial charge on any atom is -0.495 e. The van der Waals surface area contributed by atoms with Crippen LogP contribution in [0.2, 0.25) is 0 Å². The van der Waals surface area contributed by atoms with Crippen LogP contribution in [0.1, 0.15) is 48.3 Å². The van der Waals surface area contributed by atoms with Crippen molar-refractivity contribution >= 4 is 15.9 Å². The lowest BCUT2D eigenvalue weighted by molar-refractivity contribution is 0.387. The molecular formula is C16H22BrNO. The Hall–Kier alpha value is -0.540. The van der Waals surface area contributed by atoms with Gasteiger partial charge in [0.1, 0.15) is 5.75 Å². The maximum Gasteiger partial charge on any atom is 0.136 e. The largest absolute Gasteiger partial charge is 0.495 e. The molecule has 1 aromatic carbocycles. The molecule has 0 radical (unpaired) electrons. The summed E-state index contributed by atoms with van der Waals surface area (Å²) in [4.78, 5) is 0. The number of rotatable bonds is 2. The average molecular weight is 324 g/mol. The normalized spacial score (nSPS) is 22.9. The van der Waals surface area contributed by atoms with E-state index in [-0.39, 0.29) is 0 Å². The van der Waals surface area contributed by atoms with Gasteiger partial charge in [-0.05, 0) is 78.2 Å². The zero-order valence-electron chi connectivity index (χ0n) is 11.6. The molecule has 1 unspecified atom stereocenters. The summed E-state index contributed by atoms with van der Waals surface area (Å²) in [7, 11) is 1.80. The molecule has 104 valence electrons. The van der Waals surface area contributed by atoms with Gasteiger partial charge in [-0.1, -0.05) is 0 Å². The van der Waals surface area contributed by atoms with Crippen molar-refractivity contribution in [2.24, 2.45) is 0 Å². The molecule has 3 heteroatoms. The van der Waals surface area contributed by atoms with Gasteiger partial charge in [0.05, 0.1) is 11.6 Å². The molecule has 1 aliphatic heterocycles. The van der Waals surface area contributed by atoms with Crippen LogP contribution in [0, 0.1) is 0 Å². The minimum atomic E-state index is 0.619. The number of nitrogens with one attached hydrogen (secondary N) is 1. The second-order valence-corrected chi connectivity index (χ2v) is 6.55. The number of piperidine rings is 1. The van der Waals surface area contributed by atoms with Crippen LogP contribution in [-0.2, 0) is 12.8 Å². The van der Waals surface area contributed by atoms with Gasteiger partial charge in [0.2, 0.25) is 0 Å². The van der Waals surface area contributed by atoms with Crippen molar-refractivity contribution in [3.8, 4) is 5.75 Å². The Labute approximate surface area is 124 Å². The molecule has 19 heavy (non-hydrogen) atoms. The highest BCUT2D eigenvalue weighted by Crippen LogP contribution is 2.42. The van der Waals surface area contributed by atoms with Crippen molar-refractivity contribution in [1.29, 1.82) is 0 Å². The summed E-state index contributed by atoms with van der Waals surface area (Å²) >= 11 is 3.71. The van der Waals surface area contributed by atoms with Crippen LogP contribution in [0.5, 0.6) is 5.75 Å². The second kappa shape index (κ2) is 5.84. The third-order valence-electron chi connectivity index (χ3n) is 4.51. The molecule has 1 saturated heterocycles. The standard InChI is InChI=1S/C16H22BrNO/c1-19-16-14(17)9-11-5-2-3-7-13(11)15(16)12-6-4-8-18-10-12/h9,12,18H,2-8,10H2,1H3. The highest BCUT2D eigenvalue weighted by molar-refractivity contribution is 9.10. The van der Waals surface area contributed by atoms with Crippen molar-refractivity contribution in [3.05, 3.63) is 27.2 Å². The third kappa shape index (κ3) is 2.55. The lowest BCUT2D eigenvalue weighted by Gasteiger charge is -2.30. The number of hydrogen-bond acceptors (Lipinski definition) is 2. The van der Waals surface area contributed by atoms with Gasteiger partial charge in [-0.15, -0.1) is 0 Å². The third-order valence-corrected chi connectivity index (χ3v) is 5.10. The number of fused-ring (bicyclic) bond motifs is 1. The summed E-state index contributed by atoms with van der Waals surface area (Å²) in [5.74, 6) is 1.70. The van der Waals surface area contributed by atoms with E-state index in [2.05, 4.69) is 27.3 Å². The number of halogens is 1. The summed E-state index contributed by atoms with van der Waals surface area (Å²) in [6, 6.07) is 2.28. The van der Waals surface area contributed by atoms with Crippen LogP contribution in [0.25, 0.3) is 0 Å². The summed E-state index contributed by atoms with van der Waals surface area (Å²) in [6.07, 6.45) is 7.66. The van der Waals surface area contributed by atoms with Crippen molar-refractivity contribution in [3.63, 3.8) is 0 Å². The Bertz CT molecular complexity index is 466. The van der Waals surface area contributed by atoms with Crippen molar-refractivity contribution in [2.75, 3.05) is 20.2 Å². The van der Waals surface area contributed by atoms with Gasteiger partial charge in [0.25, 0.3) is 0 Å². The molecule has 0 spiro atoms. The van der Waals surface area contributed by atoms with Gasteiger partial charge in [-0.25, -0.2) is 0 Å². The predicted molar refractivity (Wildman–Crippen MR) is 82.2 cm³/mol. The van der Waals surface area contributed by atoms with Crippen LogP contribution >= 0.6 is 15.9 Å². The fourth-order valence-electron chi connectivity index (χ4n) is 3.62. The van der Waals surface area contributed by atoms with Crippen LogP contribution in [0.4, 0.5) is 0 Å². The van der Waals surface area contributed by atoms with E-state index in [0.717, 1.165) is 23.3 Å². The second-order valence-electron chi connectivity index (χ2n) is 5.69. The molecule has 0 aromatic heterocycles. The Balaban J connectivity index is 2.09. The fourth-order valence-corrected chi connectivity index (χ4v) is 4.27. The highest BCUT2D eigenvalue weighted by Gasteiger charge is 2.26. The van der Waals surface area contributed by atoms with Gasteiger partial charge in [0, 0.05) is 18.0 Å². The predicted octanol–water partition coefficient (Wildman–Crippen LogP) is 3.80. The summed E-state index contributed by atoms with van der Waals surface area (Å²) in [6.45, 7) is 2.26. The summed E-state index contributed by atoms with van der Waals surface area (Å²) in [5, 5.41) is 3.54. The fraction of sp³-hybridized carbons (Fsp3) is 0.625. The van der Waals surface area contributed by atoms with Gasteiger partial charge in [0.15, 0.2) is 0 Å².